The average Bonchev–Trinajstić information content (AvgIpc) is 3.36. The fourth-order valence-corrected chi connectivity index (χ4v) is 5.04. The van der Waals surface area contributed by atoms with E-state index in [1.165, 1.54) is 0 Å². The van der Waals surface area contributed by atoms with Gasteiger partial charge in [-0.15, -0.1) is 0 Å². The highest BCUT2D eigenvalue weighted by atomic mass is 15.1. The van der Waals surface area contributed by atoms with E-state index in [2.05, 4.69) is 36.4 Å². The molecule has 1 aromatic heterocycles. The topological polar surface area (TPSA) is 17.8 Å². The minimum Gasteiger partial charge on any atom is -0.291 e. The molecule has 7 rings (SSSR count). The van der Waals surface area contributed by atoms with Crippen LogP contribution in [-0.4, -0.2) is 9.55 Å². The van der Waals surface area contributed by atoms with Crippen LogP contribution in [0.3, 0.4) is 0 Å². The quantitative estimate of drug-likeness (QED) is 0.246. The van der Waals surface area contributed by atoms with Crippen molar-refractivity contribution in [2.75, 3.05) is 0 Å². The molecule has 0 unspecified atom stereocenters. The molecule has 0 saturated carbocycles. The molecule has 35 heavy (non-hydrogen) atoms. The first-order chi connectivity index (χ1) is 19.5. The third kappa shape index (κ3) is 3.08. The normalized spacial score (nSPS) is 13.4. The van der Waals surface area contributed by atoms with Gasteiger partial charge in [-0.1, -0.05) is 121 Å². The largest absolute Gasteiger partial charge is 0.291 e. The van der Waals surface area contributed by atoms with Crippen LogP contribution in [0.5, 0.6) is 0 Å². The van der Waals surface area contributed by atoms with Crippen LogP contribution in [-0.2, 0) is 0 Å². The second kappa shape index (κ2) is 7.96. The number of nitrogens with zero attached hydrogens (tertiary/aromatic N) is 2. The Bertz CT molecular complexity index is 2030. The van der Waals surface area contributed by atoms with Crippen molar-refractivity contribution in [2.24, 2.45) is 0 Å². The van der Waals surface area contributed by atoms with Gasteiger partial charge in [-0.05, 0) is 34.0 Å². The van der Waals surface area contributed by atoms with Crippen LogP contribution in [0.15, 0.2) is 133 Å². The lowest BCUT2D eigenvalue weighted by Crippen LogP contribution is -2.01. The maximum absolute atomic E-state index is 8.75. The molecule has 0 bridgehead atoms. The third-order valence-electron chi connectivity index (χ3n) is 6.47. The molecule has 6 aromatic carbocycles. The van der Waals surface area contributed by atoms with E-state index in [1.807, 2.05) is 71.3 Å². The van der Waals surface area contributed by atoms with E-state index < -0.39 is 6.04 Å². The summed E-state index contributed by atoms with van der Waals surface area (Å²) in [6.07, 6.45) is 0. The summed E-state index contributed by atoms with van der Waals surface area (Å²) in [4.78, 5) is 4.88. The Hall–Kier alpha value is -4.69. The monoisotopic (exact) mass is 451 g/mol. The Morgan fingerprint density at radius 1 is 0.543 bits per heavy atom. The van der Waals surface area contributed by atoms with Crippen LogP contribution in [0, 0.1) is 0 Å². The molecule has 1 heterocycles. The molecule has 0 aliphatic carbocycles. The van der Waals surface area contributed by atoms with Gasteiger partial charge in [-0.2, -0.15) is 0 Å². The number of fused-ring (bicyclic) bond motifs is 3. The summed E-state index contributed by atoms with van der Waals surface area (Å²) in [6, 6.07) is 32.6. The summed E-state index contributed by atoms with van der Waals surface area (Å²) in [7, 11) is 0. The number of benzene rings is 6. The van der Waals surface area contributed by atoms with Crippen molar-refractivity contribution in [1.82, 2.24) is 9.55 Å². The molecule has 0 spiro atoms. The SMILES string of the molecule is [2H]c1c([2H])c([2H])c(-c2nc3ccccc3n2-c2c3ccccc3c(-c3ccccc3)c3ccccc23)c([2H])c1[2H]. The van der Waals surface area contributed by atoms with Gasteiger partial charge in [-0.3, -0.25) is 4.57 Å². The van der Waals surface area contributed by atoms with Gasteiger partial charge in [-0.25, -0.2) is 4.98 Å². The third-order valence-corrected chi connectivity index (χ3v) is 6.47. The molecule has 0 saturated heterocycles. The summed E-state index contributed by atoms with van der Waals surface area (Å²) in [5.41, 5.74) is 4.59. The van der Waals surface area contributed by atoms with Crippen molar-refractivity contribution in [2.45, 2.75) is 0 Å². The molecule has 2 heteroatoms. The van der Waals surface area contributed by atoms with Crippen LogP contribution in [0.4, 0.5) is 0 Å². The van der Waals surface area contributed by atoms with Crippen molar-refractivity contribution in [3.63, 3.8) is 0 Å². The predicted molar refractivity (Wildman–Crippen MR) is 147 cm³/mol. The predicted octanol–water partition coefficient (Wildman–Crippen LogP) is 8.67. The van der Waals surface area contributed by atoms with Crippen LogP contribution >= 0.6 is 0 Å². The molecule has 0 aliphatic heterocycles. The second-order valence-electron chi connectivity index (χ2n) is 8.44. The lowest BCUT2D eigenvalue weighted by Gasteiger charge is -2.20. The maximum Gasteiger partial charge on any atom is 0.145 e. The van der Waals surface area contributed by atoms with E-state index in [4.69, 9.17) is 11.8 Å². The van der Waals surface area contributed by atoms with Crippen LogP contribution < -0.4 is 0 Å². The van der Waals surface area contributed by atoms with Crippen LogP contribution in [0.25, 0.3) is 60.8 Å². The fourth-order valence-electron chi connectivity index (χ4n) is 5.04. The van der Waals surface area contributed by atoms with E-state index in [9.17, 15) is 0 Å². The minimum atomic E-state index is -0.426. The highest BCUT2D eigenvalue weighted by Crippen LogP contribution is 2.43. The first-order valence-corrected chi connectivity index (χ1v) is 11.5. The molecule has 7 aromatic rings. The summed E-state index contributed by atoms with van der Waals surface area (Å²) < 4.78 is 44.3. The zero-order valence-electron chi connectivity index (χ0n) is 23.7. The van der Waals surface area contributed by atoms with Crippen molar-refractivity contribution >= 4 is 32.6 Å². The number of imidazole rings is 1. The van der Waals surface area contributed by atoms with E-state index >= 15 is 0 Å². The molecule has 0 radical (unpaired) electrons. The Balaban J connectivity index is 1.71. The second-order valence-corrected chi connectivity index (χ2v) is 8.44. The first kappa shape index (κ1) is 15.3. The zero-order chi connectivity index (χ0) is 27.5. The highest BCUT2D eigenvalue weighted by Gasteiger charge is 2.21. The maximum atomic E-state index is 8.75. The smallest absolute Gasteiger partial charge is 0.145 e. The number of rotatable bonds is 3. The molecule has 2 nitrogen and oxygen atoms in total. The van der Waals surface area contributed by atoms with E-state index in [1.54, 1.807) is 0 Å². The van der Waals surface area contributed by atoms with Gasteiger partial charge < -0.3 is 0 Å². The zero-order valence-corrected chi connectivity index (χ0v) is 18.7. The molecular formula is C33H22N2. The van der Waals surface area contributed by atoms with E-state index in [-0.39, 0.29) is 29.7 Å². The lowest BCUT2D eigenvalue weighted by atomic mass is 9.90. The van der Waals surface area contributed by atoms with Crippen molar-refractivity contribution in [1.29, 1.82) is 0 Å². The Kier molecular flexibility index (Phi) is 3.47. The Labute approximate surface area is 210 Å². The standard InChI is InChI=1S/C33H22N2/c1-3-13-23(14-4-1)31-25-17-7-9-19-27(25)32(28-20-10-8-18-26(28)31)35-30-22-12-11-21-29(30)34-33(35)24-15-5-2-6-16-24/h1-22H/i2D,5D,6D,15D,16D. The average molecular weight is 452 g/mol. The van der Waals surface area contributed by atoms with E-state index in [0.29, 0.717) is 11.3 Å². The summed E-state index contributed by atoms with van der Waals surface area (Å²) in [5.74, 6) is 0.306. The van der Waals surface area contributed by atoms with Crippen LogP contribution in [0.1, 0.15) is 6.85 Å². The molecule has 0 fully saturated rings. The van der Waals surface area contributed by atoms with Gasteiger partial charge in [0.05, 0.1) is 23.6 Å². The summed E-state index contributed by atoms with van der Waals surface area (Å²) in [5, 5.41) is 4.04. The molecule has 164 valence electrons. The van der Waals surface area contributed by atoms with Gasteiger partial charge in [0.2, 0.25) is 0 Å². The van der Waals surface area contributed by atoms with Gasteiger partial charge in [0.1, 0.15) is 5.82 Å². The molecule has 0 atom stereocenters. The van der Waals surface area contributed by atoms with Crippen LogP contribution in [0.2, 0.25) is 0 Å². The molecule has 0 N–H and O–H groups in total. The van der Waals surface area contributed by atoms with E-state index in [0.717, 1.165) is 43.9 Å². The fraction of sp³-hybridized carbons (Fsp3) is 0. The number of hydrogen-bond acceptors (Lipinski definition) is 1. The van der Waals surface area contributed by atoms with Gasteiger partial charge >= 0.3 is 0 Å². The summed E-state index contributed by atoms with van der Waals surface area (Å²) in [6.45, 7) is 0. The van der Waals surface area contributed by atoms with Crippen molar-refractivity contribution < 1.29 is 6.85 Å². The number of hydrogen-bond donors (Lipinski definition) is 0. The van der Waals surface area contributed by atoms with Gasteiger partial charge in [0.15, 0.2) is 0 Å². The first-order valence-electron chi connectivity index (χ1n) is 14.0. The minimum absolute atomic E-state index is 0.0718. The van der Waals surface area contributed by atoms with Crippen molar-refractivity contribution in [3.05, 3.63) is 133 Å². The Morgan fingerprint density at radius 3 is 1.80 bits per heavy atom. The van der Waals surface area contributed by atoms with Crippen molar-refractivity contribution in [3.8, 4) is 28.2 Å². The molecular weight excluding hydrogens is 424 g/mol. The lowest BCUT2D eigenvalue weighted by molar-refractivity contribution is 1.13. The summed E-state index contributed by atoms with van der Waals surface area (Å²) >= 11 is 0. The highest BCUT2D eigenvalue weighted by molar-refractivity contribution is 6.18. The van der Waals surface area contributed by atoms with Gasteiger partial charge in [0.25, 0.3) is 0 Å². The van der Waals surface area contributed by atoms with Gasteiger partial charge in [0, 0.05) is 16.3 Å². The number of aromatic nitrogens is 2. The Morgan fingerprint density at radius 2 is 1.11 bits per heavy atom. The molecule has 0 aliphatic rings. The number of para-hydroxylation sites is 2. The molecule has 0 amide bonds.